The van der Waals surface area contributed by atoms with Crippen molar-refractivity contribution in [2.75, 3.05) is 11.1 Å². The third-order valence-electron chi connectivity index (χ3n) is 3.06. The molecular formula is C13H13ClN4OS. The normalized spacial score (nSPS) is 13.3. The van der Waals surface area contributed by atoms with Gasteiger partial charge in [-0.05, 0) is 11.6 Å². The lowest BCUT2D eigenvalue weighted by Crippen LogP contribution is -2.09. The summed E-state index contributed by atoms with van der Waals surface area (Å²) in [6.07, 6.45) is 1.71. The maximum absolute atomic E-state index is 11.8. The third-order valence-corrected chi connectivity index (χ3v) is 4.24. The summed E-state index contributed by atoms with van der Waals surface area (Å²) in [5.74, 6) is 1.65. The number of thioether (sulfide) groups is 1. The Bertz CT molecular complexity index is 653. The first-order valence-corrected chi connectivity index (χ1v) is 7.60. The molecule has 0 saturated carbocycles. The Morgan fingerprint density at radius 2 is 2.40 bits per heavy atom. The second-order valence-corrected chi connectivity index (χ2v) is 5.94. The average Bonchev–Trinajstić information content (AvgIpc) is 2.97. The van der Waals surface area contributed by atoms with Gasteiger partial charge in [0.15, 0.2) is 16.8 Å². The highest BCUT2D eigenvalue weighted by Crippen LogP contribution is 2.31. The van der Waals surface area contributed by atoms with E-state index >= 15 is 0 Å². The lowest BCUT2D eigenvalue weighted by Gasteiger charge is -2.07. The molecule has 0 amide bonds. The molecule has 3 heterocycles. The molecule has 0 spiro atoms. The summed E-state index contributed by atoms with van der Waals surface area (Å²) >= 11 is 7.43. The van der Waals surface area contributed by atoms with E-state index in [1.54, 1.807) is 30.9 Å². The van der Waals surface area contributed by atoms with Crippen molar-refractivity contribution in [1.29, 1.82) is 0 Å². The number of hydrogen-bond donors (Lipinski definition) is 1. The average molecular weight is 309 g/mol. The summed E-state index contributed by atoms with van der Waals surface area (Å²) in [4.78, 5) is 20.3. The summed E-state index contributed by atoms with van der Waals surface area (Å²) in [6.45, 7) is 2.97. The molecule has 0 unspecified atom stereocenters. The molecule has 0 saturated heterocycles. The molecule has 0 fully saturated rings. The van der Waals surface area contributed by atoms with Gasteiger partial charge in [-0.1, -0.05) is 29.4 Å². The smallest absolute Gasteiger partial charge is 0.180 e. The van der Waals surface area contributed by atoms with Gasteiger partial charge >= 0.3 is 0 Å². The Labute approximate surface area is 125 Å². The van der Waals surface area contributed by atoms with E-state index in [9.17, 15) is 4.79 Å². The van der Waals surface area contributed by atoms with Crippen LogP contribution in [0, 0.1) is 0 Å². The van der Waals surface area contributed by atoms with E-state index in [1.807, 2.05) is 10.6 Å². The van der Waals surface area contributed by atoms with Crippen LogP contribution in [0.15, 0.2) is 23.5 Å². The molecule has 0 atom stereocenters. The van der Waals surface area contributed by atoms with E-state index in [4.69, 9.17) is 11.6 Å². The minimum absolute atomic E-state index is 0.0305. The van der Waals surface area contributed by atoms with E-state index in [1.165, 1.54) is 0 Å². The van der Waals surface area contributed by atoms with Crippen molar-refractivity contribution in [1.82, 2.24) is 14.5 Å². The van der Waals surface area contributed by atoms with Crippen LogP contribution in [0.4, 0.5) is 5.82 Å². The number of nitrogens with one attached hydrogen (secondary N) is 1. The van der Waals surface area contributed by atoms with Crippen molar-refractivity contribution in [2.45, 2.75) is 25.2 Å². The molecule has 2 aromatic rings. The monoisotopic (exact) mass is 308 g/mol. The number of nitrogens with zero attached hydrogens (tertiary/aromatic N) is 3. The minimum atomic E-state index is 0.0305. The van der Waals surface area contributed by atoms with Crippen LogP contribution >= 0.6 is 23.4 Å². The van der Waals surface area contributed by atoms with Crippen LogP contribution in [0.25, 0.3) is 0 Å². The van der Waals surface area contributed by atoms with Crippen molar-refractivity contribution < 1.29 is 4.79 Å². The molecule has 0 bridgehead atoms. The Hall–Kier alpha value is -1.53. The predicted molar refractivity (Wildman–Crippen MR) is 79.5 cm³/mol. The van der Waals surface area contributed by atoms with Crippen LogP contribution in [-0.4, -0.2) is 26.1 Å². The van der Waals surface area contributed by atoms with Crippen LogP contribution in [-0.2, 0) is 13.1 Å². The maximum Gasteiger partial charge on any atom is 0.180 e. The van der Waals surface area contributed by atoms with E-state index in [0.29, 0.717) is 23.2 Å². The highest BCUT2D eigenvalue weighted by molar-refractivity contribution is 7.99. The van der Waals surface area contributed by atoms with E-state index in [-0.39, 0.29) is 5.78 Å². The fraction of sp³-hybridized carbons (Fsp3) is 0.308. The second kappa shape index (κ2) is 5.46. The fourth-order valence-electron chi connectivity index (χ4n) is 2.16. The first-order chi connectivity index (χ1) is 9.65. The first kappa shape index (κ1) is 13.5. The van der Waals surface area contributed by atoms with Crippen molar-refractivity contribution in [2.24, 2.45) is 0 Å². The van der Waals surface area contributed by atoms with E-state index in [2.05, 4.69) is 15.3 Å². The van der Waals surface area contributed by atoms with Crippen molar-refractivity contribution in [3.63, 3.8) is 0 Å². The van der Waals surface area contributed by atoms with Crippen molar-refractivity contribution in [3.8, 4) is 0 Å². The molecule has 1 aliphatic heterocycles. The number of halogens is 1. The predicted octanol–water partition coefficient (Wildman–Crippen LogP) is 2.85. The van der Waals surface area contributed by atoms with Crippen LogP contribution in [0.5, 0.6) is 0 Å². The molecule has 2 aromatic heterocycles. The zero-order chi connectivity index (χ0) is 14.1. The molecule has 1 aliphatic rings. The van der Waals surface area contributed by atoms with Gasteiger partial charge in [-0.15, -0.1) is 0 Å². The molecule has 0 aromatic carbocycles. The van der Waals surface area contributed by atoms with Crippen LogP contribution in [0.2, 0.25) is 5.15 Å². The molecular weight excluding hydrogens is 296 g/mol. The number of ketones is 1. The van der Waals surface area contributed by atoms with Gasteiger partial charge in [0.2, 0.25) is 0 Å². The number of carbonyl (C=O) groups is 1. The number of rotatable bonds is 4. The highest BCUT2D eigenvalue weighted by Gasteiger charge is 2.24. The summed E-state index contributed by atoms with van der Waals surface area (Å²) in [5.41, 5.74) is 1.65. The quantitative estimate of drug-likeness (QED) is 0.695. The van der Waals surface area contributed by atoms with Crippen LogP contribution < -0.4 is 5.32 Å². The molecule has 104 valence electrons. The Balaban J connectivity index is 1.81. The summed E-state index contributed by atoms with van der Waals surface area (Å²) in [6, 6.07) is 3.64. The molecule has 0 aliphatic carbocycles. The fourth-order valence-corrected chi connectivity index (χ4v) is 3.22. The number of Topliss-reactive ketones (excluding diaryl/α,β-unsaturated/α-hetero) is 1. The van der Waals surface area contributed by atoms with Gasteiger partial charge in [-0.3, -0.25) is 4.79 Å². The number of carbonyl (C=O) groups excluding carboxylic acids is 1. The Morgan fingerprint density at radius 3 is 3.10 bits per heavy atom. The number of aromatic nitrogens is 3. The SMILES string of the molecule is CC(=O)c1c(NCc2ccc(Cl)nc2)nc2n1CCS2. The zero-order valence-electron chi connectivity index (χ0n) is 10.9. The third kappa shape index (κ3) is 2.53. The number of anilines is 1. The van der Waals surface area contributed by atoms with Gasteiger partial charge in [-0.25, -0.2) is 9.97 Å². The first-order valence-electron chi connectivity index (χ1n) is 6.23. The highest BCUT2D eigenvalue weighted by atomic mass is 35.5. The molecule has 1 N–H and O–H groups in total. The molecule has 0 radical (unpaired) electrons. The number of pyridine rings is 1. The van der Waals surface area contributed by atoms with Gasteiger partial charge in [0.25, 0.3) is 0 Å². The van der Waals surface area contributed by atoms with E-state index < -0.39 is 0 Å². The molecule has 3 rings (SSSR count). The lowest BCUT2D eigenvalue weighted by atomic mass is 10.2. The summed E-state index contributed by atoms with van der Waals surface area (Å²) < 4.78 is 1.98. The second-order valence-electron chi connectivity index (χ2n) is 4.49. The van der Waals surface area contributed by atoms with Crippen molar-refractivity contribution >= 4 is 35.0 Å². The Morgan fingerprint density at radius 1 is 1.55 bits per heavy atom. The topological polar surface area (TPSA) is 59.8 Å². The lowest BCUT2D eigenvalue weighted by molar-refractivity contribution is 0.100. The van der Waals surface area contributed by atoms with Gasteiger partial charge in [-0.2, -0.15) is 0 Å². The van der Waals surface area contributed by atoms with Gasteiger partial charge in [0, 0.05) is 32.0 Å². The molecule has 20 heavy (non-hydrogen) atoms. The van der Waals surface area contributed by atoms with Crippen molar-refractivity contribution in [3.05, 3.63) is 34.7 Å². The van der Waals surface area contributed by atoms with Gasteiger partial charge in [0.1, 0.15) is 10.8 Å². The van der Waals surface area contributed by atoms with Gasteiger partial charge < -0.3 is 9.88 Å². The summed E-state index contributed by atoms with van der Waals surface area (Å²) in [5, 5.41) is 4.59. The van der Waals surface area contributed by atoms with E-state index in [0.717, 1.165) is 23.0 Å². The van der Waals surface area contributed by atoms with Gasteiger partial charge in [0.05, 0.1) is 0 Å². The maximum atomic E-state index is 11.8. The summed E-state index contributed by atoms with van der Waals surface area (Å²) in [7, 11) is 0. The number of fused-ring (bicyclic) bond motifs is 1. The Kier molecular flexibility index (Phi) is 3.67. The zero-order valence-corrected chi connectivity index (χ0v) is 12.5. The van der Waals surface area contributed by atoms with Crippen LogP contribution in [0.3, 0.4) is 0 Å². The standard InChI is InChI=1S/C13H13ClN4OS/c1-8(19)11-12(17-13-18(11)4-5-20-13)16-7-9-2-3-10(14)15-6-9/h2-3,6,16H,4-5,7H2,1H3. The number of hydrogen-bond acceptors (Lipinski definition) is 5. The molecule has 7 heteroatoms. The largest absolute Gasteiger partial charge is 0.364 e. The minimum Gasteiger partial charge on any atom is -0.364 e. The number of imidazole rings is 1. The van der Waals surface area contributed by atoms with Crippen LogP contribution in [0.1, 0.15) is 23.0 Å². The molecule has 5 nitrogen and oxygen atoms in total.